The molecule has 100 valence electrons. The Morgan fingerprint density at radius 3 is 2.44 bits per heavy atom. The van der Waals surface area contributed by atoms with E-state index in [2.05, 4.69) is 12.6 Å². The largest absolute Gasteiger partial charge is 0.316 e. The van der Waals surface area contributed by atoms with Gasteiger partial charge in [0.05, 0.1) is 0 Å². The van der Waals surface area contributed by atoms with Crippen molar-refractivity contribution in [3.05, 3.63) is 33.1 Å². The van der Waals surface area contributed by atoms with E-state index in [1.807, 2.05) is 0 Å². The van der Waals surface area contributed by atoms with Crippen LogP contribution in [0.1, 0.15) is 32.1 Å². The molecule has 0 unspecified atom stereocenters. The molecular weight excluding hydrogens is 248 g/mol. The van der Waals surface area contributed by atoms with Crippen molar-refractivity contribution in [3.8, 4) is 0 Å². The monoisotopic (exact) mass is 268 g/mol. The fraction of sp³-hybridized carbons (Fsp3) is 0.692. The molecule has 1 heterocycles. The first-order chi connectivity index (χ1) is 8.58. The summed E-state index contributed by atoms with van der Waals surface area (Å²) in [6.45, 7) is 0.616. The van der Waals surface area contributed by atoms with E-state index in [4.69, 9.17) is 0 Å². The van der Waals surface area contributed by atoms with E-state index in [0.717, 1.165) is 18.6 Å². The Kier molecular flexibility index (Phi) is 4.00. The number of aryl methyl sites for hydroxylation is 1. The van der Waals surface area contributed by atoms with Crippen molar-refractivity contribution in [2.24, 2.45) is 12.5 Å². The van der Waals surface area contributed by atoms with Crippen LogP contribution in [0.15, 0.2) is 22.0 Å². The fourth-order valence-electron chi connectivity index (χ4n) is 2.74. The Morgan fingerprint density at radius 2 is 1.83 bits per heavy atom. The molecule has 4 nitrogen and oxygen atoms in total. The first-order valence-corrected chi connectivity index (χ1v) is 7.08. The second-order valence-corrected chi connectivity index (χ2v) is 5.68. The first kappa shape index (κ1) is 13.5. The van der Waals surface area contributed by atoms with E-state index < -0.39 is 11.1 Å². The summed E-state index contributed by atoms with van der Waals surface area (Å²) in [6.07, 6.45) is 9.21. The van der Waals surface area contributed by atoms with Crippen molar-refractivity contribution >= 4 is 12.6 Å². The average Bonchev–Trinajstić information content (AvgIpc) is 2.41. The molecule has 0 N–H and O–H groups in total. The Hall–Kier alpha value is -0.970. The Labute approximate surface area is 112 Å². The third-order valence-corrected chi connectivity index (χ3v) is 4.66. The van der Waals surface area contributed by atoms with E-state index >= 15 is 0 Å². The van der Waals surface area contributed by atoms with Gasteiger partial charge in [0.1, 0.15) is 0 Å². The van der Waals surface area contributed by atoms with E-state index in [9.17, 15) is 9.59 Å². The lowest BCUT2D eigenvalue weighted by atomic mass is 9.75. The maximum absolute atomic E-state index is 11.9. The van der Waals surface area contributed by atoms with Crippen molar-refractivity contribution in [2.75, 3.05) is 5.75 Å². The van der Waals surface area contributed by atoms with Gasteiger partial charge in [0, 0.05) is 26.0 Å². The molecule has 1 aromatic rings. The Morgan fingerprint density at radius 1 is 1.17 bits per heavy atom. The van der Waals surface area contributed by atoms with Gasteiger partial charge in [0.25, 0.3) is 0 Å². The fourth-order valence-corrected chi connectivity index (χ4v) is 3.16. The Bertz CT molecular complexity index is 527. The van der Waals surface area contributed by atoms with Gasteiger partial charge in [-0.15, -0.1) is 0 Å². The smallest absolute Gasteiger partial charge is 0.312 e. The van der Waals surface area contributed by atoms with Crippen molar-refractivity contribution in [2.45, 2.75) is 38.6 Å². The van der Waals surface area contributed by atoms with Gasteiger partial charge < -0.3 is 9.13 Å². The zero-order valence-electron chi connectivity index (χ0n) is 10.8. The van der Waals surface area contributed by atoms with Crippen LogP contribution in [0.5, 0.6) is 0 Å². The molecule has 18 heavy (non-hydrogen) atoms. The highest BCUT2D eigenvalue weighted by atomic mass is 32.1. The number of thiol groups is 1. The predicted octanol–water partition coefficient (Wildman–Crippen LogP) is 1.43. The summed E-state index contributed by atoms with van der Waals surface area (Å²) in [6, 6.07) is 0. The molecule has 0 aromatic carbocycles. The molecule has 0 atom stereocenters. The molecule has 2 rings (SSSR count). The molecule has 5 heteroatoms. The molecule has 1 saturated carbocycles. The molecule has 0 aliphatic heterocycles. The summed E-state index contributed by atoms with van der Waals surface area (Å²) in [7, 11) is 1.60. The summed E-state index contributed by atoms with van der Waals surface area (Å²) in [5, 5.41) is 0. The van der Waals surface area contributed by atoms with Crippen LogP contribution in [0.4, 0.5) is 0 Å². The number of hydrogen-bond donors (Lipinski definition) is 1. The highest BCUT2D eigenvalue weighted by Gasteiger charge is 2.31. The van der Waals surface area contributed by atoms with Gasteiger partial charge in [-0.25, -0.2) is 0 Å². The van der Waals surface area contributed by atoms with Gasteiger partial charge in [-0.1, -0.05) is 19.3 Å². The zero-order valence-corrected chi connectivity index (χ0v) is 11.7. The SMILES string of the molecule is Cn1ccn(CC2(CS)CCCCC2)c(=O)c1=O. The maximum atomic E-state index is 11.9. The van der Waals surface area contributed by atoms with Gasteiger partial charge >= 0.3 is 11.1 Å². The second-order valence-electron chi connectivity index (χ2n) is 5.37. The van der Waals surface area contributed by atoms with E-state index in [1.54, 1.807) is 24.0 Å². The quantitative estimate of drug-likeness (QED) is 0.666. The van der Waals surface area contributed by atoms with Gasteiger partial charge in [-0.2, -0.15) is 12.6 Å². The van der Waals surface area contributed by atoms with Gasteiger partial charge in [0.2, 0.25) is 0 Å². The highest BCUT2D eigenvalue weighted by molar-refractivity contribution is 7.80. The van der Waals surface area contributed by atoms with Crippen LogP contribution >= 0.6 is 12.6 Å². The summed E-state index contributed by atoms with van der Waals surface area (Å²) >= 11 is 4.46. The minimum absolute atomic E-state index is 0.0809. The molecule has 1 aliphatic carbocycles. The maximum Gasteiger partial charge on any atom is 0.316 e. The van der Waals surface area contributed by atoms with E-state index in [-0.39, 0.29) is 5.41 Å². The molecule has 0 spiro atoms. The standard InChI is InChI=1S/C13H20N2O2S/c1-14-7-8-15(12(17)11(14)16)9-13(10-18)5-3-2-4-6-13/h7-8,18H,2-6,9-10H2,1H3. The summed E-state index contributed by atoms with van der Waals surface area (Å²) in [5.41, 5.74) is -0.799. The lowest BCUT2D eigenvalue weighted by Gasteiger charge is -2.36. The van der Waals surface area contributed by atoms with Crippen LogP contribution in [0.25, 0.3) is 0 Å². The molecule has 0 saturated heterocycles. The lowest BCUT2D eigenvalue weighted by Crippen LogP contribution is -2.43. The van der Waals surface area contributed by atoms with Crippen molar-refractivity contribution in [3.63, 3.8) is 0 Å². The topological polar surface area (TPSA) is 44.0 Å². The minimum Gasteiger partial charge on any atom is -0.312 e. The van der Waals surface area contributed by atoms with Crippen molar-refractivity contribution in [1.82, 2.24) is 9.13 Å². The van der Waals surface area contributed by atoms with Crippen molar-refractivity contribution < 1.29 is 0 Å². The molecular formula is C13H20N2O2S. The Balaban J connectivity index is 2.30. The van der Waals surface area contributed by atoms with Gasteiger partial charge in [-0.05, 0) is 24.0 Å². The van der Waals surface area contributed by atoms with Gasteiger partial charge in [0.15, 0.2) is 0 Å². The van der Waals surface area contributed by atoms with Crippen LogP contribution in [-0.4, -0.2) is 14.9 Å². The number of nitrogens with zero attached hydrogens (tertiary/aromatic N) is 2. The number of hydrogen-bond acceptors (Lipinski definition) is 3. The van der Waals surface area contributed by atoms with Gasteiger partial charge in [-0.3, -0.25) is 9.59 Å². The predicted molar refractivity (Wildman–Crippen MR) is 75.3 cm³/mol. The van der Waals surface area contributed by atoms with E-state index in [1.165, 1.54) is 23.8 Å². The summed E-state index contributed by atoms with van der Waals surface area (Å²) < 4.78 is 2.89. The van der Waals surface area contributed by atoms with E-state index in [0.29, 0.717) is 6.54 Å². The second kappa shape index (κ2) is 5.34. The first-order valence-electron chi connectivity index (χ1n) is 6.45. The van der Waals surface area contributed by atoms with Crippen LogP contribution in [-0.2, 0) is 13.6 Å². The highest BCUT2D eigenvalue weighted by Crippen LogP contribution is 2.38. The molecule has 0 amide bonds. The lowest BCUT2D eigenvalue weighted by molar-refractivity contribution is 0.187. The zero-order chi connectivity index (χ0) is 13.2. The van der Waals surface area contributed by atoms with Crippen LogP contribution in [0.2, 0.25) is 0 Å². The average molecular weight is 268 g/mol. The molecule has 1 fully saturated rings. The van der Waals surface area contributed by atoms with Crippen LogP contribution < -0.4 is 11.1 Å². The normalized spacial score (nSPS) is 18.8. The third-order valence-electron chi connectivity index (χ3n) is 3.99. The number of aromatic nitrogens is 2. The molecule has 0 bridgehead atoms. The van der Waals surface area contributed by atoms with Crippen LogP contribution in [0.3, 0.4) is 0 Å². The van der Waals surface area contributed by atoms with Crippen LogP contribution in [0, 0.1) is 5.41 Å². The molecule has 0 radical (unpaired) electrons. The van der Waals surface area contributed by atoms with Crippen molar-refractivity contribution in [1.29, 1.82) is 0 Å². The molecule has 1 aliphatic rings. The third kappa shape index (κ3) is 2.55. The summed E-state index contributed by atoms with van der Waals surface area (Å²) in [4.78, 5) is 23.6. The molecule has 1 aromatic heterocycles. The minimum atomic E-state index is -0.456. The summed E-state index contributed by atoms with van der Waals surface area (Å²) in [5.74, 6) is 0.772. The number of rotatable bonds is 3.